The van der Waals surface area contributed by atoms with Crippen molar-refractivity contribution in [3.63, 3.8) is 0 Å². The van der Waals surface area contributed by atoms with Crippen LogP contribution in [0, 0.1) is 3.57 Å². The minimum atomic E-state index is 0.326. The molecule has 2 nitrogen and oxygen atoms in total. The Balaban J connectivity index is 2.28. The molecule has 0 heterocycles. The molecule has 0 bridgehead atoms. The van der Waals surface area contributed by atoms with Gasteiger partial charge >= 0.3 is 0 Å². The summed E-state index contributed by atoms with van der Waals surface area (Å²) < 4.78 is 6.81. The largest absolute Gasteiger partial charge is 0.377 e. The van der Waals surface area contributed by atoms with E-state index in [4.69, 9.17) is 4.74 Å². The predicted octanol–water partition coefficient (Wildman–Crippen LogP) is 3.15. The molecule has 0 aromatic heterocycles. The first kappa shape index (κ1) is 13.9. The van der Waals surface area contributed by atoms with Crippen LogP contribution in [0.3, 0.4) is 0 Å². The van der Waals surface area contributed by atoms with Crippen LogP contribution >= 0.6 is 22.6 Å². The van der Waals surface area contributed by atoms with E-state index < -0.39 is 0 Å². The summed E-state index contributed by atoms with van der Waals surface area (Å²) in [5.41, 5.74) is 1.35. The lowest BCUT2D eigenvalue weighted by Gasteiger charge is -2.17. The van der Waals surface area contributed by atoms with Gasteiger partial charge in [0.2, 0.25) is 0 Å². The van der Waals surface area contributed by atoms with Crippen LogP contribution in [0.15, 0.2) is 24.3 Å². The van der Waals surface area contributed by atoms with Crippen molar-refractivity contribution in [3.05, 3.63) is 33.4 Å². The van der Waals surface area contributed by atoms with E-state index in [1.54, 1.807) is 0 Å². The third-order valence-electron chi connectivity index (χ3n) is 2.29. The third kappa shape index (κ3) is 5.82. The number of ether oxygens (including phenoxy) is 1. The molecule has 16 heavy (non-hydrogen) atoms. The lowest BCUT2D eigenvalue weighted by Crippen LogP contribution is -2.23. The maximum atomic E-state index is 5.53. The summed E-state index contributed by atoms with van der Waals surface area (Å²) in [7, 11) is 2.13. The average molecular weight is 333 g/mol. The highest BCUT2D eigenvalue weighted by Gasteiger charge is 2.01. The Morgan fingerprint density at radius 2 is 1.88 bits per heavy atom. The van der Waals surface area contributed by atoms with Crippen LogP contribution < -0.4 is 0 Å². The number of benzene rings is 1. The van der Waals surface area contributed by atoms with Crippen LogP contribution in [0.25, 0.3) is 0 Å². The van der Waals surface area contributed by atoms with E-state index in [9.17, 15) is 0 Å². The topological polar surface area (TPSA) is 12.5 Å². The summed E-state index contributed by atoms with van der Waals surface area (Å²) in [6.07, 6.45) is 0.326. The molecule has 0 N–H and O–H groups in total. The zero-order valence-corrected chi connectivity index (χ0v) is 12.4. The number of rotatable bonds is 6. The number of hydrogen-bond acceptors (Lipinski definition) is 2. The second kappa shape index (κ2) is 7.25. The van der Waals surface area contributed by atoms with E-state index in [0.717, 1.165) is 19.7 Å². The summed E-state index contributed by atoms with van der Waals surface area (Å²) in [5, 5.41) is 0. The van der Waals surface area contributed by atoms with E-state index in [1.807, 2.05) is 0 Å². The molecule has 0 aliphatic rings. The first-order chi connectivity index (χ1) is 7.58. The van der Waals surface area contributed by atoms with Crippen molar-refractivity contribution >= 4 is 22.6 Å². The first-order valence-corrected chi connectivity index (χ1v) is 6.70. The van der Waals surface area contributed by atoms with Crippen molar-refractivity contribution in [2.45, 2.75) is 26.5 Å². The molecule has 0 saturated heterocycles. The summed E-state index contributed by atoms with van der Waals surface area (Å²) in [5.74, 6) is 0. The Kier molecular flexibility index (Phi) is 6.31. The van der Waals surface area contributed by atoms with Gasteiger partial charge in [0.15, 0.2) is 0 Å². The molecule has 1 aromatic rings. The number of likely N-dealkylation sites (N-methyl/N-ethyl adjacent to an activating group) is 1. The van der Waals surface area contributed by atoms with Crippen LogP contribution in [0.4, 0.5) is 0 Å². The van der Waals surface area contributed by atoms with Gasteiger partial charge in [0, 0.05) is 16.7 Å². The van der Waals surface area contributed by atoms with Crippen molar-refractivity contribution in [1.82, 2.24) is 4.90 Å². The monoisotopic (exact) mass is 333 g/mol. The molecule has 0 amide bonds. The standard InChI is InChI=1S/C13H20INO/c1-11(2)16-9-8-15(3)10-12-4-6-13(14)7-5-12/h4-7,11H,8-10H2,1-3H3. The summed E-state index contributed by atoms with van der Waals surface area (Å²) in [6.45, 7) is 6.90. The zero-order valence-electron chi connectivity index (χ0n) is 10.2. The highest BCUT2D eigenvalue weighted by molar-refractivity contribution is 14.1. The van der Waals surface area contributed by atoms with Crippen molar-refractivity contribution in [2.24, 2.45) is 0 Å². The summed E-state index contributed by atoms with van der Waals surface area (Å²) in [4.78, 5) is 2.28. The van der Waals surface area contributed by atoms with Gasteiger partial charge in [-0.05, 0) is 61.2 Å². The minimum absolute atomic E-state index is 0.326. The molecule has 0 saturated carbocycles. The van der Waals surface area contributed by atoms with Crippen molar-refractivity contribution < 1.29 is 4.74 Å². The number of nitrogens with zero attached hydrogens (tertiary/aromatic N) is 1. The maximum Gasteiger partial charge on any atom is 0.0596 e. The molecule has 0 aliphatic carbocycles. The fourth-order valence-corrected chi connectivity index (χ4v) is 1.78. The molecule has 0 radical (unpaired) electrons. The predicted molar refractivity (Wildman–Crippen MR) is 76.6 cm³/mol. The van der Waals surface area contributed by atoms with Gasteiger partial charge in [0.25, 0.3) is 0 Å². The van der Waals surface area contributed by atoms with Crippen molar-refractivity contribution in [1.29, 1.82) is 0 Å². The van der Waals surface area contributed by atoms with E-state index in [1.165, 1.54) is 9.13 Å². The Hall–Kier alpha value is -0.130. The van der Waals surface area contributed by atoms with Gasteiger partial charge in [-0.1, -0.05) is 12.1 Å². The van der Waals surface area contributed by atoms with Gasteiger partial charge in [-0.25, -0.2) is 0 Å². The molecule has 3 heteroatoms. The average Bonchev–Trinajstić information content (AvgIpc) is 2.21. The molecule has 1 aromatic carbocycles. The van der Waals surface area contributed by atoms with Gasteiger partial charge in [-0.2, -0.15) is 0 Å². The molecule has 0 spiro atoms. The quantitative estimate of drug-likeness (QED) is 0.742. The number of halogens is 1. The fraction of sp³-hybridized carbons (Fsp3) is 0.538. The fourth-order valence-electron chi connectivity index (χ4n) is 1.42. The van der Waals surface area contributed by atoms with Gasteiger partial charge in [-0.3, -0.25) is 4.90 Å². The van der Waals surface area contributed by atoms with Gasteiger partial charge in [-0.15, -0.1) is 0 Å². The molecule has 0 unspecified atom stereocenters. The zero-order chi connectivity index (χ0) is 12.0. The second-order valence-electron chi connectivity index (χ2n) is 4.28. The number of hydrogen-bond donors (Lipinski definition) is 0. The normalized spacial score (nSPS) is 11.4. The van der Waals surface area contributed by atoms with Gasteiger partial charge in [0.05, 0.1) is 12.7 Å². The van der Waals surface area contributed by atoms with E-state index in [-0.39, 0.29) is 0 Å². The lowest BCUT2D eigenvalue weighted by atomic mass is 10.2. The Morgan fingerprint density at radius 1 is 1.25 bits per heavy atom. The maximum absolute atomic E-state index is 5.53. The molecule has 0 aliphatic heterocycles. The molecule has 90 valence electrons. The summed E-state index contributed by atoms with van der Waals surface area (Å²) in [6, 6.07) is 8.66. The highest BCUT2D eigenvalue weighted by atomic mass is 127. The van der Waals surface area contributed by atoms with Gasteiger partial charge in [0.1, 0.15) is 0 Å². The van der Waals surface area contributed by atoms with E-state index >= 15 is 0 Å². The van der Waals surface area contributed by atoms with Crippen LogP contribution in [0.5, 0.6) is 0 Å². The SMILES string of the molecule is CC(C)OCCN(C)Cc1ccc(I)cc1. The third-order valence-corrected chi connectivity index (χ3v) is 3.01. The molecule has 0 fully saturated rings. The van der Waals surface area contributed by atoms with Crippen molar-refractivity contribution in [3.8, 4) is 0 Å². The smallest absolute Gasteiger partial charge is 0.0596 e. The lowest BCUT2D eigenvalue weighted by molar-refractivity contribution is 0.0627. The van der Waals surface area contributed by atoms with E-state index in [0.29, 0.717) is 6.10 Å². The summed E-state index contributed by atoms with van der Waals surface area (Å²) >= 11 is 2.33. The van der Waals surface area contributed by atoms with Crippen LogP contribution in [-0.4, -0.2) is 31.2 Å². The van der Waals surface area contributed by atoms with Crippen LogP contribution in [0.2, 0.25) is 0 Å². The Bertz CT molecular complexity index is 297. The van der Waals surface area contributed by atoms with Crippen LogP contribution in [-0.2, 0) is 11.3 Å². The Labute approximate surface area is 112 Å². The van der Waals surface area contributed by atoms with E-state index in [2.05, 4.69) is 72.7 Å². The molecule has 1 rings (SSSR count). The highest BCUT2D eigenvalue weighted by Crippen LogP contribution is 2.08. The van der Waals surface area contributed by atoms with Gasteiger partial charge < -0.3 is 4.74 Å². The molecular formula is C13H20INO. The van der Waals surface area contributed by atoms with Crippen molar-refractivity contribution in [2.75, 3.05) is 20.2 Å². The Morgan fingerprint density at radius 3 is 2.44 bits per heavy atom. The first-order valence-electron chi connectivity index (χ1n) is 5.62. The van der Waals surface area contributed by atoms with Crippen LogP contribution in [0.1, 0.15) is 19.4 Å². The second-order valence-corrected chi connectivity index (χ2v) is 5.53. The minimum Gasteiger partial charge on any atom is -0.377 e. The molecule has 0 atom stereocenters. The molecular weight excluding hydrogens is 313 g/mol.